The lowest BCUT2D eigenvalue weighted by molar-refractivity contribution is -0.503. The predicted molar refractivity (Wildman–Crippen MR) is 77.0 cm³/mol. The zero-order chi connectivity index (χ0) is 11.9. The normalized spacial score (nSPS) is 14.7. The molecule has 0 saturated carbocycles. The van der Waals surface area contributed by atoms with E-state index in [2.05, 4.69) is 40.7 Å². The second-order valence-electron chi connectivity index (χ2n) is 4.09. The van der Waals surface area contributed by atoms with Crippen LogP contribution >= 0.6 is 11.8 Å². The molecule has 1 fully saturated rings. The molecule has 0 bridgehead atoms. The number of rotatable bonds is 3. The van der Waals surface area contributed by atoms with Gasteiger partial charge in [0.1, 0.15) is 5.69 Å². The SMILES string of the molecule is C=CCSC(Nc1ccccc1)=[N+]1CCCC1. The average Bonchev–Trinajstić information content (AvgIpc) is 2.89. The molecule has 0 unspecified atom stereocenters. The van der Waals surface area contributed by atoms with Crippen molar-refractivity contribution in [1.29, 1.82) is 0 Å². The molecule has 0 atom stereocenters. The van der Waals surface area contributed by atoms with Crippen molar-refractivity contribution in [3.8, 4) is 0 Å². The molecule has 90 valence electrons. The number of nitrogens with one attached hydrogen (secondary N) is 1. The number of hydrogen-bond acceptors (Lipinski definition) is 1. The Morgan fingerprint density at radius 3 is 2.65 bits per heavy atom. The highest BCUT2D eigenvalue weighted by atomic mass is 32.2. The van der Waals surface area contributed by atoms with Gasteiger partial charge in [0.15, 0.2) is 0 Å². The summed E-state index contributed by atoms with van der Waals surface area (Å²) in [5.74, 6) is 0.950. The van der Waals surface area contributed by atoms with Crippen LogP contribution in [0.2, 0.25) is 0 Å². The molecular formula is C14H19N2S+. The number of anilines is 1. The van der Waals surface area contributed by atoms with Crippen molar-refractivity contribution in [2.24, 2.45) is 0 Å². The Hall–Kier alpha value is -1.22. The van der Waals surface area contributed by atoms with Crippen molar-refractivity contribution in [2.75, 3.05) is 24.2 Å². The van der Waals surface area contributed by atoms with E-state index in [1.165, 1.54) is 31.1 Å². The quantitative estimate of drug-likeness (QED) is 0.501. The molecule has 17 heavy (non-hydrogen) atoms. The lowest BCUT2D eigenvalue weighted by Gasteiger charge is -2.06. The van der Waals surface area contributed by atoms with Crippen molar-refractivity contribution < 1.29 is 4.58 Å². The van der Waals surface area contributed by atoms with Crippen molar-refractivity contribution >= 4 is 22.6 Å². The first kappa shape index (κ1) is 12.2. The number of benzene rings is 1. The Morgan fingerprint density at radius 1 is 1.29 bits per heavy atom. The van der Waals surface area contributed by atoms with Crippen molar-refractivity contribution in [3.63, 3.8) is 0 Å². The first-order valence-corrected chi connectivity index (χ1v) is 7.06. The predicted octanol–water partition coefficient (Wildman–Crippen LogP) is 3.18. The van der Waals surface area contributed by atoms with Crippen LogP contribution in [-0.4, -0.2) is 28.6 Å². The lowest BCUT2D eigenvalue weighted by Crippen LogP contribution is -2.23. The number of hydrogen-bond donors (Lipinski definition) is 1. The van der Waals surface area contributed by atoms with Crippen LogP contribution in [0.15, 0.2) is 43.0 Å². The minimum Gasteiger partial charge on any atom is -0.256 e. The highest BCUT2D eigenvalue weighted by Gasteiger charge is 2.18. The van der Waals surface area contributed by atoms with E-state index in [1.807, 2.05) is 23.9 Å². The zero-order valence-electron chi connectivity index (χ0n) is 10.1. The Labute approximate surface area is 107 Å². The van der Waals surface area contributed by atoms with E-state index in [4.69, 9.17) is 0 Å². The van der Waals surface area contributed by atoms with Crippen LogP contribution in [0.3, 0.4) is 0 Å². The van der Waals surface area contributed by atoms with Gasteiger partial charge in [-0.1, -0.05) is 24.3 Å². The molecule has 0 amide bonds. The molecule has 1 aliphatic rings. The summed E-state index contributed by atoms with van der Waals surface area (Å²) >= 11 is 1.83. The van der Waals surface area contributed by atoms with Crippen LogP contribution in [0, 0.1) is 0 Å². The van der Waals surface area contributed by atoms with E-state index < -0.39 is 0 Å². The third-order valence-electron chi connectivity index (χ3n) is 2.76. The molecule has 3 heteroatoms. The van der Waals surface area contributed by atoms with E-state index in [-0.39, 0.29) is 0 Å². The molecule has 0 spiro atoms. The Morgan fingerprint density at radius 2 is 2.00 bits per heavy atom. The second kappa shape index (κ2) is 6.50. The van der Waals surface area contributed by atoms with Gasteiger partial charge in [-0.2, -0.15) is 0 Å². The molecule has 1 aliphatic heterocycles. The smallest absolute Gasteiger partial charge is 0.256 e. The summed E-state index contributed by atoms with van der Waals surface area (Å²) in [7, 11) is 0. The van der Waals surface area contributed by atoms with E-state index in [9.17, 15) is 0 Å². The van der Waals surface area contributed by atoms with Gasteiger partial charge in [-0.05, 0) is 36.7 Å². The minimum atomic E-state index is 0.950. The number of para-hydroxylation sites is 1. The van der Waals surface area contributed by atoms with Crippen molar-refractivity contribution in [1.82, 2.24) is 0 Å². The van der Waals surface area contributed by atoms with E-state index in [0.717, 1.165) is 11.4 Å². The van der Waals surface area contributed by atoms with Gasteiger partial charge in [0.25, 0.3) is 0 Å². The molecule has 2 nitrogen and oxygen atoms in total. The molecular weight excluding hydrogens is 228 g/mol. The zero-order valence-corrected chi connectivity index (χ0v) is 10.9. The third kappa shape index (κ3) is 3.63. The summed E-state index contributed by atoms with van der Waals surface area (Å²) in [6.45, 7) is 6.12. The Bertz CT molecular complexity index is 390. The van der Waals surface area contributed by atoms with Crippen LogP contribution in [0.5, 0.6) is 0 Å². The molecule has 0 aliphatic carbocycles. The molecule has 1 aromatic carbocycles. The maximum atomic E-state index is 3.79. The largest absolute Gasteiger partial charge is 0.311 e. The van der Waals surface area contributed by atoms with Crippen LogP contribution in [0.4, 0.5) is 5.69 Å². The number of thioether (sulfide) groups is 1. The molecule has 0 aromatic heterocycles. The highest BCUT2D eigenvalue weighted by molar-refractivity contribution is 8.14. The standard InChI is InChI=1S/C14H18N2S/c1-2-12-17-14(16-10-6-7-11-16)15-13-8-4-3-5-9-13/h2-5,8-9H,1,6-7,10-12H2/p+1. The van der Waals surface area contributed by atoms with Gasteiger partial charge >= 0.3 is 5.17 Å². The maximum absolute atomic E-state index is 3.79. The van der Waals surface area contributed by atoms with Crippen molar-refractivity contribution in [3.05, 3.63) is 43.0 Å². The fourth-order valence-corrected chi connectivity index (χ4v) is 2.74. The van der Waals surface area contributed by atoms with Gasteiger partial charge in [0, 0.05) is 5.75 Å². The second-order valence-corrected chi connectivity index (χ2v) is 5.10. The third-order valence-corrected chi connectivity index (χ3v) is 3.79. The minimum absolute atomic E-state index is 0.950. The highest BCUT2D eigenvalue weighted by Crippen LogP contribution is 2.14. The van der Waals surface area contributed by atoms with E-state index in [1.54, 1.807) is 0 Å². The fraction of sp³-hybridized carbons (Fsp3) is 0.357. The summed E-state index contributed by atoms with van der Waals surface area (Å²) in [4.78, 5) is 0. The van der Waals surface area contributed by atoms with Gasteiger partial charge in [-0.15, -0.1) is 6.58 Å². The Balaban J connectivity index is 2.10. The van der Waals surface area contributed by atoms with Gasteiger partial charge in [-0.25, -0.2) is 5.32 Å². The number of amidine groups is 1. The van der Waals surface area contributed by atoms with Crippen molar-refractivity contribution in [2.45, 2.75) is 12.8 Å². The van der Waals surface area contributed by atoms with Crippen LogP contribution in [0.1, 0.15) is 12.8 Å². The Kier molecular flexibility index (Phi) is 4.68. The maximum Gasteiger partial charge on any atom is 0.311 e. The first-order valence-electron chi connectivity index (χ1n) is 6.08. The molecule has 1 saturated heterocycles. The lowest BCUT2D eigenvalue weighted by atomic mass is 10.3. The first-order chi connectivity index (χ1) is 8.40. The molecule has 2 rings (SSSR count). The van der Waals surface area contributed by atoms with Crippen LogP contribution in [-0.2, 0) is 0 Å². The molecule has 0 radical (unpaired) electrons. The summed E-state index contributed by atoms with van der Waals surface area (Å²) in [5, 5.41) is 4.77. The van der Waals surface area contributed by atoms with Gasteiger partial charge in [0.2, 0.25) is 0 Å². The average molecular weight is 247 g/mol. The fourth-order valence-electron chi connectivity index (χ4n) is 1.91. The summed E-state index contributed by atoms with van der Waals surface area (Å²) in [6.07, 6.45) is 4.55. The molecule has 1 heterocycles. The summed E-state index contributed by atoms with van der Waals surface area (Å²) in [5.41, 5.74) is 1.16. The van der Waals surface area contributed by atoms with Gasteiger partial charge in [-0.3, -0.25) is 4.58 Å². The van der Waals surface area contributed by atoms with Gasteiger partial charge < -0.3 is 0 Å². The molecule has 1 aromatic rings. The van der Waals surface area contributed by atoms with E-state index >= 15 is 0 Å². The van der Waals surface area contributed by atoms with Crippen LogP contribution < -0.4 is 5.32 Å². The molecule has 1 N–H and O–H groups in total. The van der Waals surface area contributed by atoms with E-state index in [0.29, 0.717) is 0 Å². The number of nitrogens with zero attached hydrogens (tertiary/aromatic N) is 1. The van der Waals surface area contributed by atoms with Crippen LogP contribution in [0.25, 0.3) is 0 Å². The summed E-state index contributed by atoms with van der Waals surface area (Å²) < 4.78 is 2.43. The monoisotopic (exact) mass is 247 g/mol. The summed E-state index contributed by atoms with van der Waals surface area (Å²) in [6, 6.07) is 10.4. The van der Waals surface area contributed by atoms with Gasteiger partial charge in [0.05, 0.1) is 13.1 Å². The topological polar surface area (TPSA) is 15.0 Å².